The lowest BCUT2D eigenvalue weighted by molar-refractivity contribution is -0.870. The number of aliphatic carboxylic acids is 1. The molecule has 4 amide bonds. The van der Waals surface area contributed by atoms with Gasteiger partial charge in [0, 0.05) is 11.9 Å². The van der Waals surface area contributed by atoms with Crippen LogP contribution in [0.25, 0.3) is 0 Å². The molecular formula is C16H18N2O9S. The Morgan fingerprint density at radius 3 is 2.07 bits per heavy atom. The van der Waals surface area contributed by atoms with Gasteiger partial charge < -0.3 is 9.90 Å². The average molecular weight is 414 g/mol. The molecule has 12 heteroatoms. The first-order valence-corrected chi connectivity index (χ1v) is 10.2. The molecule has 2 heterocycles. The van der Waals surface area contributed by atoms with Crippen LogP contribution < -0.4 is 5.11 Å². The molecule has 1 aliphatic carbocycles. The van der Waals surface area contributed by atoms with E-state index in [0.29, 0.717) is 17.9 Å². The van der Waals surface area contributed by atoms with Crippen molar-refractivity contribution >= 4 is 39.7 Å². The number of hydrogen-bond donors (Lipinski definition) is 1. The minimum absolute atomic E-state index is 0.262. The molecular weight excluding hydrogens is 396 g/mol. The number of hydrogen-bond acceptors (Lipinski definition) is 8. The van der Waals surface area contributed by atoms with Crippen molar-refractivity contribution in [3.63, 3.8) is 0 Å². The zero-order valence-electron chi connectivity index (χ0n) is 14.6. The Bertz CT molecular complexity index is 881. The fourth-order valence-corrected chi connectivity index (χ4v) is 4.80. The molecule has 2 aliphatic heterocycles. The second kappa shape index (κ2) is 6.87. The maximum absolute atomic E-state index is 12.6. The SMILES string of the molecule is O=C([O-])C1CCC(C[N+]2(N3C(=O)CC(S(=O)(=O)O)C3=O)C(=O)C=CC2=O)CC1. The number of nitrogens with zero attached hydrogens (tertiary/aromatic N) is 2. The number of quaternary nitrogens is 1. The molecule has 0 aromatic heterocycles. The molecule has 1 N–H and O–H groups in total. The summed E-state index contributed by atoms with van der Waals surface area (Å²) in [6, 6.07) is 0. The summed E-state index contributed by atoms with van der Waals surface area (Å²) in [5.74, 6) is -6.31. The Hall–Kier alpha value is -2.44. The minimum atomic E-state index is -4.90. The normalized spacial score (nSPS) is 30.3. The van der Waals surface area contributed by atoms with Crippen molar-refractivity contribution in [2.75, 3.05) is 6.54 Å². The summed E-state index contributed by atoms with van der Waals surface area (Å²) < 4.78 is 30.7. The van der Waals surface area contributed by atoms with Crippen LogP contribution in [0.1, 0.15) is 32.1 Å². The van der Waals surface area contributed by atoms with Crippen molar-refractivity contribution in [3.05, 3.63) is 12.2 Å². The van der Waals surface area contributed by atoms with E-state index < -0.39 is 61.9 Å². The number of carbonyl (C=O) groups is 5. The molecule has 0 spiro atoms. The van der Waals surface area contributed by atoms with E-state index in [1.54, 1.807) is 0 Å². The van der Waals surface area contributed by atoms with Crippen LogP contribution in [0.2, 0.25) is 0 Å². The van der Waals surface area contributed by atoms with Crippen molar-refractivity contribution in [3.8, 4) is 0 Å². The first-order valence-electron chi connectivity index (χ1n) is 8.68. The summed E-state index contributed by atoms with van der Waals surface area (Å²) in [4.78, 5) is 61.1. The lowest BCUT2D eigenvalue weighted by atomic mass is 9.81. The van der Waals surface area contributed by atoms with Gasteiger partial charge in [0.25, 0.3) is 21.9 Å². The summed E-state index contributed by atoms with van der Waals surface area (Å²) in [6.45, 7) is -0.278. The molecule has 1 saturated carbocycles. The molecule has 2 fully saturated rings. The van der Waals surface area contributed by atoms with Gasteiger partial charge in [0.1, 0.15) is 6.54 Å². The number of carbonyl (C=O) groups excluding carboxylic acids is 5. The molecule has 1 unspecified atom stereocenters. The fourth-order valence-electron chi connectivity index (χ4n) is 4.09. The van der Waals surface area contributed by atoms with Crippen LogP contribution in [0, 0.1) is 11.8 Å². The molecule has 1 saturated heterocycles. The van der Waals surface area contributed by atoms with E-state index >= 15 is 0 Å². The van der Waals surface area contributed by atoms with Gasteiger partial charge in [-0.05, 0) is 31.6 Å². The molecule has 0 aromatic carbocycles. The van der Waals surface area contributed by atoms with E-state index in [-0.39, 0.29) is 25.3 Å². The number of imide groups is 2. The topological polar surface area (TPSA) is 166 Å². The summed E-state index contributed by atoms with van der Waals surface area (Å²) in [5.41, 5.74) is 0. The van der Waals surface area contributed by atoms with E-state index in [1.807, 2.05) is 0 Å². The van der Waals surface area contributed by atoms with Crippen LogP contribution in [-0.4, -0.2) is 64.0 Å². The lowest BCUT2D eigenvalue weighted by Crippen LogP contribution is -2.67. The summed E-state index contributed by atoms with van der Waals surface area (Å²) in [7, 11) is -4.90. The molecule has 3 aliphatic rings. The molecule has 11 nitrogen and oxygen atoms in total. The summed E-state index contributed by atoms with van der Waals surface area (Å²) in [5, 5.41) is 9.25. The average Bonchev–Trinajstić information content (AvgIpc) is 3.06. The molecule has 0 aromatic rings. The highest BCUT2D eigenvalue weighted by Crippen LogP contribution is 2.36. The van der Waals surface area contributed by atoms with Gasteiger partial charge in [0.15, 0.2) is 5.25 Å². The Kier molecular flexibility index (Phi) is 4.98. The number of carboxylic acids is 1. The molecule has 3 rings (SSSR count). The quantitative estimate of drug-likeness (QED) is 0.301. The van der Waals surface area contributed by atoms with Crippen LogP contribution in [-0.2, 0) is 34.1 Å². The van der Waals surface area contributed by atoms with Gasteiger partial charge >= 0.3 is 11.8 Å². The maximum Gasteiger partial charge on any atom is 0.371 e. The van der Waals surface area contributed by atoms with Gasteiger partial charge in [-0.1, -0.05) is 4.59 Å². The van der Waals surface area contributed by atoms with Crippen LogP contribution >= 0.6 is 0 Å². The zero-order valence-corrected chi connectivity index (χ0v) is 15.5. The van der Waals surface area contributed by atoms with E-state index in [2.05, 4.69) is 0 Å². The lowest BCUT2D eigenvalue weighted by Gasteiger charge is -2.38. The van der Waals surface area contributed by atoms with Crippen LogP contribution in [0.15, 0.2) is 12.2 Å². The van der Waals surface area contributed by atoms with Crippen LogP contribution in [0.5, 0.6) is 0 Å². The van der Waals surface area contributed by atoms with Crippen molar-refractivity contribution in [1.82, 2.24) is 5.01 Å². The van der Waals surface area contributed by atoms with Gasteiger partial charge in [-0.15, -0.1) is 5.01 Å². The Morgan fingerprint density at radius 1 is 1.11 bits per heavy atom. The van der Waals surface area contributed by atoms with Crippen LogP contribution in [0.4, 0.5) is 0 Å². The van der Waals surface area contributed by atoms with E-state index in [4.69, 9.17) is 0 Å². The van der Waals surface area contributed by atoms with Crippen molar-refractivity contribution in [1.29, 1.82) is 0 Å². The predicted molar refractivity (Wildman–Crippen MR) is 86.5 cm³/mol. The second-order valence-corrected chi connectivity index (χ2v) is 8.85. The zero-order chi connectivity index (χ0) is 20.9. The van der Waals surface area contributed by atoms with Gasteiger partial charge in [-0.25, -0.2) is 9.59 Å². The highest BCUT2D eigenvalue weighted by Gasteiger charge is 2.63. The maximum atomic E-state index is 12.6. The van der Waals surface area contributed by atoms with Crippen molar-refractivity contribution in [2.45, 2.75) is 37.4 Å². The van der Waals surface area contributed by atoms with Crippen molar-refractivity contribution < 1.29 is 46.6 Å². The van der Waals surface area contributed by atoms with E-state index in [0.717, 1.165) is 12.2 Å². The second-order valence-electron chi connectivity index (χ2n) is 7.25. The molecule has 0 bridgehead atoms. The summed E-state index contributed by atoms with van der Waals surface area (Å²) in [6.07, 6.45) is 2.15. The first-order chi connectivity index (χ1) is 13.0. The monoisotopic (exact) mass is 414 g/mol. The highest BCUT2D eigenvalue weighted by atomic mass is 32.2. The third kappa shape index (κ3) is 3.16. The third-order valence-electron chi connectivity index (χ3n) is 5.58. The largest absolute Gasteiger partial charge is 0.550 e. The number of carboxylic acid groups (broad SMARTS) is 1. The van der Waals surface area contributed by atoms with Gasteiger partial charge in [-0.2, -0.15) is 8.42 Å². The fraction of sp³-hybridized carbons (Fsp3) is 0.562. The van der Waals surface area contributed by atoms with Crippen molar-refractivity contribution in [2.24, 2.45) is 11.8 Å². The molecule has 1 atom stereocenters. The van der Waals surface area contributed by atoms with E-state index in [9.17, 15) is 42.0 Å². The van der Waals surface area contributed by atoms with Crippen LogP contribution in [0.3, 0.4) is 0 Å². The van der Waals surface area contributed by atoms with Gasteiger partial charge in [0.05, 0.1) is 18.6 Å². The summed E-state index contributed by atoms with van der Waals surface area (Å²) >= 11 is 0. The molecule has 28 heavy (non-hydrogen) atoms. The Balaban J connectivity index is 1.92. The Morgan fingerprint density at radius 2 is 1.64 bits per heavy atom. The first kappa shape index (κ1) is 20.3. The minimum Gasteiger partial charge on any atom is -0.550 e. The van der Waals surface area contributed by atoms with Gasteiger partial charge in [-0.3, -0.25) is 14.1 Å². The molecule has 0 radical (unpaired) electrons. The molecule has 152 valence electrons. The third-order valence-corrected chi connectivity index (χ3v) is 6.67. The standard InChI is InChI=1S/C16H18N2O9S/c19-12-7-11(28(25,26)27)15(22)17(12)18(13(20)5-6-14(18)21)8-9-1-3-10(4-2-9)16(23)24/h5-6,9-11H,1-4,7-8H2,(H-,23,24,25,26,27). The predicted octanol–water partition coefficient (Wildman–Crippen LogP) is -2.09. The smallest absolute Gasteiger partial charge is 0.371 e. The van der Waals surface area contributed by atoms with Gasteiger partial charge in [0.2, 0.25) is 0 Å². The number of rotatable bonds is 5. The Labute approximate surface area is 159 Å². The number of amides is 4. The van der Waals surface area contributed by atoms with E-state index in [1.165, 1.54) is 0 Å². The highest BCUT2D eigenvalue weighted by molar-refractivity contribution is 7.87.